The Hall–Kier alpha value is -3.49. The molecule has 2 aromatic heterocycles. The fraction of sp³-hybridized carbons (Fsp3) is 0.235. The lowest BCUT2D eigenvalue weighted by Gasteiger charge is -2.11. The monoisotopic (exact) mass is 352 g/mol. The number of aromatic nitrogens is 5. The first-order chi connectivity index (χ1) is 12.6. The number of benzene rings is 1. The maximum atomic E-state index is 12.2. The molecule has 9 heteroatoms. The zero-order valence-corrected chi connectivity index (χ0v) is 14.3. The van der Waals surface area contributed by atoms with Gasteiger partial charge in [0.05, 0.1) is 24.5 Å². The summed E-state index contributed by atoms with van der Waals surface area (Å²) in [5, 5.41) is 7.02. The molecular weight excluding hydrogens is 336 g/mol. The van der Waals surface area contributed by atoms with Crippen LogP contribution in [0.15, 0.2) is 30.9 Å². The zero-order valence-electron chi connectivity index (χ0n) is 14.3. The average Bonchev–Trinajstić information content (AvgIpc) is 3.20. The van der Waals surface area contributed by atoms with Crippen LogP contribution in [0.3, 0.4) is 0 Å². The Morgan fingerprint density at radius 1 is 1.31 bits per heavy atom. The first kappa shape index (κ1) is 16.0. The van der Waals surface area contributed by atoms with E-state index >= 15 is 0 Å². The molecule has 4 rings (SSSR count). The highest BCUT2D eigenvalue weighted by atomic mass is 16.5. The summed E-state index contributed by atoms with van der Waals surface area (Å²) in [4.78, 5) is 32.2. The number of ether oxygens (including phenoxy) is 1. The predicted molar refractivity (Wildman–Crippen MR) is 91.9 cm³/mol. The Morgan fingerprint density at radius 2 is 2.15 bits per heavy atom. The van der Waals surface area contributed by atoms with Crippen molar-refractivity contribution < 1.29 is 14.3 Å². The fourth-order valence-corrected chi connectivity index (χ4v) is 3.04. The lowest BCUT2D eigenvalue weighted by Crippen LogP contribution is -2.12. The van der Waals surface area contributed by atoms with Crippen molar-refractivity contribution in [2.45, 2.75) is 20.4 Å². The third-order valence-corrected chi connectivity index (χ3v) is 4.07. The lowest BCUT2D eigenvalue weighted by atomic mass is 10.1. The molecule has 3 heterocycles. The molecule has 0 aliphatic carbocycles. The third-order valence-electron chi connectivity index (χ3n) is 4.07. The van der Waals surface area contributed by atoms with Gasteiger partial charge in [-0.05, 0) is 25.1 Å². The van der Waals surface area contributed by atoms with Crippen LogP contribution in [0.25, 0.3) is 17.1 Å². The van der Waals surface area contributed by atoms with Crippen molar-refractivity contribution >= 4 is 17.6 Å². The Bertz CT molecular complexity index is 1020. The van der Waals surface area contributed by atoms with E-state index in [0.717, 1.165) is 11.3 Å². The van der Waals surface area contributed by atoms with Gasteiger partial charge in [0.25, 0.3) is 0 Å². The number of rotatable bonds is 3. The molecule has 0 fully saturated rings. The molecule has 3 aromatic rings. The Morgan fingerprint density at radius 3 is 2.92 bits per heavy atom. The standard InChI is InChI=1S/C17H16N6O3/c1-3-26-17(25)15-14-7-23-16(18-8-20-23)12-6-11(21-10(2)24)4-5-13(12)22(14)9-19-15/h4-6,8-9H,3,7H2,1-2H3,(H,21,24). The van der Waals surface area contributed by atoms with Gasteiger partial charge in [-0.15, -0.1) is 0 Å². The first-order valence-corrected chi connectivity index (χ1v) is 8.12. The van der Waals surface area contributed by atoms with E-state index in [1.807, 2.05) is 16.7 Å². The minimum Gasteiger partial charge on any atom is -0.461 e. The van der Waals surface area contributed by atoms with Gasteiger partial charge in [-0.3, -0.25) is 9.36 Å². The van der Waals surface area contributed by atoms with Gasteiger partial charge in [-0.25, -0.2) is 19.4 Å². The van der Waals surface area contributed by atoms with Crippen LogP contribution in [0.2, 0.25) is 0 Å². The molecule has 1 N–H and O–H groups in total. The van der Waals surface area contributed by atoms with Gasteiger partial charge in [0.2, 0.25) is 5.91 Å². The van der Waals surface area contributed by atoms with Crippen molar-refractivity contribution in [2.75, 3.05) is 11.9 Å². The average molecular weight is 352 g/mol. The van der Waals surface area contributed by atoms with Crippen LogP contribution in [0.1, 0.15) is 30.0 Å². The van der Waals surface area contributed by atoms with Gasteiger partial charge in [-0.1, -0.05) is 0 Å². The van der Waals surface area contributed by atoms with Gasteiger partial charge in [0.15, 0.2) is 11.5 Å². The van der Waals surface area contributed by atoms with E-state index in [0.29, 0.717) is 23.8 Å². The van der Waals surface area contributed by atoms with Crippen molar-refractivity contribution in [1.29, 1.82) is 0 Å². The number of nitrogens with one attached hydrogen (secondary N) is 1. The van der Waals surface area contributed by atoms with Crippen LogP contribution in [-0.4, -0.2) is 42.8 Å². The molecule has 1 amide bonds. The number of hydrogen-bond donors (Lipinski definition) is 1. The van der Waals surface area contributed by atoms with Crippen molar-refractivity contribution in [3.63, 3.8) is 0 Å². The molecule has 1 aliphatic heterocycles. The number of anilines is 1. The van der Waals surface area contributed by atoms with Gasteiger partial charge < -0.3 is 10.1 Å². The van der Waals surface area contributed by atoms with E-state index in [4.69, 9.17) is 4.74 Å². The number of nitrogens with zero attached hydrogens (tertiary/aromatic N) is 5. The van der Waals surface area contributed by atoms with Gasteiger partial charge in [0.1, 0.15) is 12.7 Å². The molecule has 1 aromatic carbocycles. The van der Waals surface area contributed by atoms with Crippen molar-refractivity contribution in [3.05, 3.63) is 42.2 Å². The maximum absolute atomic E-state index is 12.2. The molecule has 0 spiro atoms. The number of imidazole rings is 1. The molecule has 0 atom stereocenters. The molecule has 0 radical (unpaired) electrons. The van der Waals surface area contributed by atoms with E-state index in [2.05, 4.69) is 20.4 Å². The summed E-state index contributed by atoms with van der Waals surface area (Å²) < 4.78 is 8.63. The maximum Gasteiger partial charge on any atom is 0.358 e. The van der Waals surface area contributed by atoms with Crippen LogP contribution >= 0.6 is 0 Å². The van der Waals surface area contributed by atoms with Crippen LogP contribution in [0.5, 0.6) is 0 Å². The molecule has 26 heavy (non-hydrogen) atoms. The van der Waals surface area contributed by atoms with E-state index in [9.17, 15) is 9.59 Å². The summed E-state index contributed by atoms with van der Waals surface area (Å²) in [6.45, 7) is 3.80. The highest BCUT2D eigenvalue weighted by Crippen LogP contribution is 2.33. The SMILES string of the molecule is CCOC(=O)c1ncn2c1Cn1ncnc1-c1cc(NC(C)=O)ccc1-2. The van der Waals surface area contributed by atoms with Crippen LogP contribution in [-0.2, 0) is 16.1 Å². The summed E-state index contributed by atoms with van der Waals surface area (Å²) in [5.41, 5.74) is 3.15. The van der Waals surface area contributed by atoms with E-state index < -0.39 is 5.97 Å². The smallest absolute Gasteiger partial charge is 0.358 e. The van der Waals surface area contributed by atoms with Crippen LogP contribution < -0.4 is 5.32 Å². The zero-order chi connectivity index (χ0) is 18.3. The Kier molecular flexibility index (Phi) is 3.76. The molecule has 0 unspecified atom stereocenters. The summed E-state index contributed by atoms with van der Waals surface area (Å²) in [6, 6.07) is 5.47. The summed E-state index contributed by atoms with van der Waals surface area (Å²) in [5.74, 6) is 0.0138. The molecule has 132 valence electrons. The van der Waals surface area contributed by atoms with E-state index in [1.165, 1.54) is 13.3 Å². The first-order valence-electron chi connectivity index (χ1n) is 8.12. The molecule has 0 saturated carbocycles. The number of fused-ring (bicyclic) bond motifs is 5. The van der Waals surface area contributed by atoms with Gasteiger partial charge in [-0.2, -0.15) is 5.10 Å². The largest absolute Gasteiger partial charge is 0.461 e. The van der Waals surface area contributed by atoms with E-state index in [-0.39, 0.29) is 18.2 Å². The van der Waals surface area contributed by atoms with Gasteiger partial charge in [0, 0.05) is 18.2 Å². The summed E-state index contributed by atoms with van der Waals surface area (Å²) >= 11 is 0. The highest BCUT2D eigenvalue weighted by Gasteiger charge is 2.27. The van der Waals surface area contributed by atoms with Crippen molar-refractivity contribution in [2.24, 2.45) is 0 Å². The van der Waals surface area contributed by atoms with Crippen LogP contribution in [0.4, 0.5) is 5.69 Å². The lowest BCUT2D eigenvalue weighted by molar-refractivity contribution is -0.114. The second kappa shape index (κ2) is 6.10. The minimum absolute atomic E-state index is 0.159. The summed E-state index contributed by atoms with van der Waals surface area (Å²) in [6.07, 6.45) is 3.05. The number of carbonyl (C=O) groups excluding carboxylic acids is 2. The second-order valence-electron chi connectivity index (χ2n) is 5.78. The normalized spacial score (nSPS) is 11.8. The van der Waals surface area contributed by atoms with E-state index in [1.54, 1.807) is 24.0 Å². The highest BCUT2D eigenvalue weighted by molar-refractivity contribution is 5.91. The molecule has 0 bridgehead atoms. The third kappa shape index (κ3) is 2.53. The quantitative estimate of drug-likeness (QED) is 0.562. The second-order valence-corrected chi connectivity index (χ2v) is 5.78. The number of esters is 1. The van der Waals surface area contributed by atoms with Gasteiger partial charge >= 0.3 is 5.97 Å². The Balaban J connectivity index is 1.91. The Labute approximate surface area is 148 Å². The molecule has 1 aliphatic rings. The topological polar surface area (TPSA) is 104 Å². The fourth-order valence-electron chi connectivity index (χ4n) is 3.04. The number of hydrogen-bond acceptors (Lipinski definition) is 6. The predicted octanol–water partition coefficient (Wildman–Crippen LogP) is 1.63. The molecule has 0 saturated heterocycles. The van der Waals surface area contributed by atoms with Crippen molar-refractivity contribution in [1.82, 2.24) is 24.3 Å². The number of amides is 1. The van der Waals surface area contributed by atoms with Crippen LogP contribution in [0, 0.1) is 0 Å². The molecule has 9 nitrogen and oxygen atoms in total. The van der Waals surface area contributed by atoms with Crippen molar-refractivity contribution in [3.8, 4) is 17.1 Å². The number of carbonyl (C=O) groups is 2. The molecular formula is C17H16N6O3. The summed E-state index contributed by atoms with van der Waals surface area (Å²) in [7, 11) is 0. The minimum atomic E-state index is -0.471.